The van der Waals surface area contributed by atoms with Crippen LogP contribution in [0.25, 0.3) is 49.3 Å². The first-order valence-corrected chi connectivity index (χ1v) is 16.2. The van der Waals surface area contributed by atoms with E-state index in [9.17, 15) is 4.79 Å². The third-order valence-corrected chi connectivity index (χ3v) is 8.96. The SMILES string of the molecule is COc1cccc(-c2c3c4cc(OC)c(OCc5ccccc5)cc4oc(=O)c3n3ccc4cc(OCc5ccccc5)c(OC)cc4c23)c1. The van der Waals surface area contributed by atoms with Crippen LogP contribution >= 0.6 is 0 Å². The van der Waals surface area contributed by atoms with E-state index in [0.29, 0.717) is 63.8 Å². The molecule has 0 spiro atoms. The van der Waals surface area contributed by atoms with Crippen molar-refractivity contribution in [3.05, 3.63) is 143 Å². The van der Waals surface area contributed by atoms with Crippen molar-refractivity contribution in [3.8, 4) is 39.9 Å². The summed E-state index contributed by atoms with van der Waals surface area (Å²) >= 11 is 0. The van der Waals surface area contributed by atoms with Crippen LogP contribution in [0.2, 0.25) is 0 Å². The van der Waals surface area contributed by atoms with E-state index in [1.54, 1.807) is 27.4 Å². The van der Waals surface area contributed by atoms with E-state index in [1.165, 1.54) is 0 Å². The number of fused-ring (bicyclic) bond motifs is 7. The van der Waals surface area contributed by atoms with Crippen LogP contribution < -0.4 is 29.3 Å². The molecule has 8 aromatic rings. The van der Waals surface area contributed by atoms with Crippen LogP contribution in [0, 0.1) is 0 Å². The Labute approximate surface area is 287 Å². The fourth-order valence-electron chi connectivity index (χ4n) is 6.58. The first-order valence-electron chi connectivity index (χ1n) is 16.2. The highest BCUT2D eigenvalue weighted by molar-refractivity contribution is 6.21. The summed E-state index contributed by atoms with van der Waals surface area (Å²) in [4.78, 5) is 14.0. The molecule has 0 atom stereocenters. The highest BCUT2D eigenvalue weighted by atomic mass is 16.5. The molecule has 0 aliphatic carbocycles. The monoisotopic (exact) mass is 663 g/mol. The Morgan fingerprint density at radius 1 is 0.600 bits per heavy atom. The van der Waals surface area contributed by atoms with Crippen molar-refractivity contribution in [2.24, 2.45) is 0 Å². The zero-order valence-corrected chi connectivity index (χ0v) is 27.8. The number of benzene rings is 5. The van der Waals surface area contributed by atoms with Gasteiger partial charge in [0.15, 0.2) is 23.0 Å². The van der Waals surface area contributed by atoms with Crippen LogP contribution in [-0.4, -0.2) is 25.7 Å². The molecule has 8 nitrogen and oxygen atoms in total. The van der Waals surface area contributed by atoms with E-state index < -0.39 is 5.63 Å². The summed E-state index contributed by atoms with van der Waals surface area (Å²) in [5, 5.41) is 3.20. The van der Waals surface area contributed by atoms with Crippen molar-refractivity contribution >= 4 is 38.2 Å². The van der Waals surface area contributed by atoms with E-state index in [4.69, 9.17) is 28.1 Å². The second-order valence-electron chi connectivity index (χ2n) is 11.9. The number of nitrogens with zero attached hydrogens (tertiary/aromatic N) is 1. The number of rotatable bonds is 10. The molecular weight excluding hydrogens is 630 g/mol. The van der Waals surface area contributed by atoms with E-state index in [2.05, 4.69) is 0 Å². The smallest absolute Gasteiger partial charge is 0.361 e. The summed E-state index contributed by atoms with van der Waals surface area (Å²) in [5.41, 5.74) is 4.85. The number of pyridine rings is 1. The third-order valence-electron chi connectivity index (χ3n) is 8.96. The fraction of sp³-hybridized carbons (Fsp3) is 0.119. The van der Waals surface area contributed by atoms with Crippen molar-refractivity contribution in [2.45, 2.75) is 13.2 Å². The molecule has 50 heavy (non-hydrogen) atoms. The summed E-state index contributed by atoms with van der Waals surface area (Å²) in [6.45, 7) is 0.714. The average molecular weight is 664 g/mol. The van der Waals surface area contributed by atoms with Gasteiger partial charge in [0.1, 0.15) is 30.1 Å². The molecule has 0 saturated heterocycles. The Bertz CT molecular complexity index is 2570. The highest BCUT2D eigenvalue weighted by Crippen LogP contribution is 2.45. The van der Waals surface area contributed by atoms with Crippen LogP contribution in [0.15, 0.2) is 131 Å². The van der Waals surface area contributed by atoms with Gasteiger partial charge in [-0.2, -0.15) is 0 Å². The first kappa shape index (κ1) is 30.9. The summed E-state index contributed by atoms with van der Waals surface area (Å²) in [5.74, 6) is 2.86. The molecule has 0 saturated carbocycles. The molecule has 0 N–H and O–H groups in total. The average Bonchev–Trinajstić information content (AvgIpc) is 3.53. The minimum absolute atomic E-state index is 0.325. The lowest BCUT2D eigenvalue weighted by Gasteiger charge is -2.14. The molecule has 248 valence electrons. The van der Waals surface area contributed by atoms with Crippen LogP contribution in [0.3, 0.4) is 0 Å². The molecule has 0 bridgehead atoms. The molecular formula is C42H33NO7. The molecule has 0 amide bonds. The Hall–Kier alpha value is -6.41. The predicted molar refractivity (Wildman–Crippen MR) is 195 cm³/mol. The summed E-state index contributed by atoms with van der Waals surface area (Å²) in [6, 6.07) is 37.2. The molecule has 0 aliphatic rings. The number of aromatic nitrogens is 1. The number of hydrogen-bond acceptors (Lipinski definition) is 7. The van der Waals surface area contributed by atoms with Crippen LogP contribution in [0.4, 0.5) is 0 Å². The van der Waals surface area contributed by atoms with Gasteiger partial charge in [-0.15, -0.1) is 0 Å². The van der Waals surface area contributed by atoms with Gasteiger partial charge < -0.3 is 32.5 Å². The summed E-state index contributed by atoms with van der Waals surface area (Å²) in [7, 11) is 4.86. The molecule has 3 aromatic heterocycles. The number of methoxy groups -OCH3 is 3. The van der Waals surface area contributed by atoms with Gasteiger partial charge in [0.25, 0.3) is 0 Å². The molecule has 5 aromatic carbocycles. The number of hydrogen-bond donors (Lipinski definition) is 0. The predicted octanol–water partition coefficient (Wildman–Crippen LogP) is 9.20. The molecule has 0 radical (unpaired) electrons. The summed E-state index contributed by atoms with van der Waals surface area (Å²) < 4.78 is 37.7. The molecule has 8 rings (SSSR count). The van der Waals surface area contributed by atoms with E-state index >= 15 is 0 Å². The van der Waals surface area contributed by atoms with E-state index in [1.807, 2.05) is 120 Å². The highest BCUT2D eigenvalue weighted by Gasteiger charge is 2.25. The molecule has 8 heteroatoms. The Kier molecular flexibility index (Phi) is 7.97. The minimum Gasteiger partial charge on any atom is -0.497 e. The minimum atomic E-state index is -0.482. The second kappa shape index (κ2) is 12.9. The normalized spacial score (nSPS) is 11.3. The van der Waals surface area contributed by atoms with Gasteiger partial charge in [0.05, 0.1) is 26.8 Å². The standard InChI is InChI=1S/C42H33NO7/c1-45-30-16-10-15-29(19-30)38-39-32-22-35(47-3)37(49-25-27-13-8-5-9-14-27)23-33(32)50-42(44)41(39)43-18-17-28-20-36(34(46-2)21-31(28)40(38)43)48-24-26-11-6-4-7-12-26/h4-23H,24-25H2,1-3H3. The van der Waals surface area contributed by atoms with Crippen molar-refractivity contribution < 1.29 is 28.1 Å². The van der Waals surface area contributed by atoms with Gasteiger partial charge in [0, 0.05) is 34.0 Å². The quantitative estimate of drug-likeness (QED) is 0.135. The van der Waals surface area contributed by atoms with Gasteiger partial charge in [-0.1, -0.05) is 72.8 Å². The van der Waals surface area contributed by atoms with E-state index in [0.717, 1.165) is 38.5 Å². The van der Waals surface area contributed by atoms with Crippen molar-refractivity contribution in [1.82, 2.24) is 4.40 Å². The zero-order valence-electron chi connectivity index (χ0n) is 27.8. The van der Waals surface area contributed by atoms with Gasteiger partial charge >= 0.3 is 5.63 Å². The van der Waals surface area contributed by atoms with Crippen molar-refractivity contribution in [2.75, 3.05) is 21.3 Å². The van der Waals surface area contributed by atoms with Crippen LogP contribution in [-0.2, 0) is 13.2 Å². The van der Waals surface area contributed by atoms with Crippen molar-refractivity contribution in [1.29, 1.82) is 0 Å². The first-order chi connectivity index (χ1) is 24.6. The van der Waals surface area contributed by atoms with Gasteiger partial charge in [-0.25, -0.2) is 4.79 Å². The van der Waals surface area contributed by atoms with Crippen LogP contribution in [0.5, 0.6) is 28.7 Å². The topological polar surface area (TPSA) is 80.8 Å². The van der Waals surface area contributed by atoms with E-state index in [-0.39, 0.29) is 0 Å². The lowest BCUT2D eigenvalue weighted by molar-refractivity contribution is 0.284. The fourth-order valence-corrected chi connectivity index (χ4v) is 6.58. The zero-order chi connectivity index (χ0) is 34.2. The lowest BCUT2D eigenvalue weighted by atomic mass is 9.98. The maximum absolute atomic E-state index is 14.0. The summed E-state index contributed by atoms with van der Waals surface area (Å²) in [6.07, 6.45) is 1.90. The molecule has 3 heterocycles. The molecule has 0 fully saturated rings. The molecule has 0 aliphatic heterocycles. The molecule has 0 unspecified atom stereocenters. The maximum Gasteiger partial charge on any atom is 0.361 e. The lowest BCUT2D eigenvalue weighted by Crippen LogP contribution is -2.03. The van der Waals surface area contributed by atoms with Gasteiger partial charge in [-0.05, 0) is 58.5 Å². The Morgan fingerprint density at radius 2 is 1.24 bits per heavy atom. The largest absolute Gasteiger partial charge is 0.497 e. The number of ether oxygens (including phenoxy) is 5. The van der Waals surface area contributed by atoms with Gasteiger partial charge in [-0.3, -0.25) is 0 Å². The Morgan fingerprint density at radius 3 is 1.88 bits per heavy atom. The van der Waals surface area contributed by atoms with Crippen LogP contribution in [0.1, 0.15) is 11.1 Å². The van der Waals surface area contributed by atoms with Gasteiger partial charge in [0.2, 0.25) is 0 Å². The second-order valence-corrected chi connectivity index (χ2v) is 11.9. The maximum atomic E-state index is 14.0. The Balaban J connectivity index is 1.39. The third kappa shape index (κ3) is 5.41. The van der Waals surface area contributed by atoms with Crippen molar-refractivity contribution in [3.63, 3.8) is 0 Å².